The van der Waals surface area contributed by atoms with E-state index in [1.807, 2.05) is 13.8 Å². The first-order valence-corrected chi connectivity index (χ1v) is 17.2. The fourth-order valence-corrected chi connectivity index (χ4v) is 5.42. The van der Waals surface area contributed by atoms with Gasteiger partial charge in [0.05, 0.1) is 15.7 Å². The molecule has 0 aliphatic carbocycles. The van der Waals surface area contributed by atoms with Gasteiger partial charge in [0.1, 0.15) is 9.79 Å². The van der Waals surface area contributed by atoms with Gasteiger partial charge in [0.2, 0.25) is 0 Å². The van der Waals surface area contributed by atoms with Crippen LogP contribution in [0.3, 0.4) is 0 Å². The van der Waals surface area contributed by atoms with Crippen molar-refractivity contribution >= 4 is 62.1 Å². The first kappa shape index (κ1) is 41.6. The lowest BCUT2D eigenvalue weighted by Gasteiger charge is -2.41. The minimum atomic E-state index is -9.75. The van der Waals surface area contributed by atoms with Gasteiger partial charge in [-0.15, -0.1) is 0 Å². The zero-order valence-corrected chi connectivity index (χ0v) is 27.3. The van der Waals surface area contributed by atoms with Crippen molar-refractivity contribution in [3.63, 3.8) is 0 Å². The van der Waals surface area contributed by atoms with Crippen molar-refractivity contribution in [1.29, 1.82) is 0 Å². The highest BCUT2D eigenvalue weighted by molar-refractivity contribution is 8.46. The maximum absolute atomic E-state index is 13.1. The molecular weight excluding hydrogens is 684 g/mol. The molecule has 0 saturated carbocycles. The molecule has 0 spiro atoms. The lowest BCUT2D eigenvalue weighted by Crippen LogP contribution is -2.12. The Balaban J connectivity index is 0.000000696. The van der Waals surface area contributed by atoms with Crippen molar-refractivity contribution < 1.29 is 48.9 Å². The molecule has 0 amide bonds. The van der Waals surface area contributed by atoms with Crippen molar-refractivity contribution in [3.8, 4) is 0 Å². The molecule has 0 aromatic heterocycles. The van der Waals surface area contributed by atoms with E-state index in [1.165, 1.54) is 0 Å². The van der Waals surface area contributed by atoms with Gasteiger partial charge in [-0.05, 0) is 72.3 Å². The van der Waals surface area contributed by atoms with Crippen LogP contribution in [0.2, 0.25) is 16.4 Å². The maximum atomic E-state index is 13.1. The molecule has 43 heavy (non-hydrogen) atoms. The second-order valence-electron chi connectivity index (χ2n) is 11.2. The summed E-state index contributed by atoms with van der Waals surface area (Å²) < 4.78 is 127. The fraction of sp³-hybridized carbons (Fsp3) is 0.500. The van der Waals surface area contributed by atoms with Gasteiger partial charge in [0, 0.05) is 5.69 Å². The average Bonchev–Trinajstić information content (AvgIpc) is 2.70. The highest BCUT2D eigenvalue weighted by Crippen LogP contribution is 3.03. The van der Waals surface area contributed by atoms with Gasteiger partial charge in [0.15, 0.2) is 0 Å². The summed E-state index contributed by atoms with van der Waals surface area (Å²) in [5.74, 6) is 0.418. The van der Waals surface area contributed by atoms with Crippen LogP contribution in [-0.2, 0) is 12.8 Å². The number of hydrogen-bond acceptors (Lipinski definition) is 4. The molecule has 4 nitrogen and oxygen atoms in total. The van der Waals surface area contributed by atoms with Crippen LogP contribution in [0.25, 0.3) is 0 Å². The molecule has 2 aromatic carbocycles. The summed E-state index contributed by atoms with van der Waals surface area (Å²) in [7, 11) is -20.6. The van der Waals surface area contributed by atoms with E-state index < -0.39 is 47.4 Å². The third-order valence-electron chi connectivity index (χ3n) is 5.21. The number of benzene rings is 2. The molecule has 0 radical (unpaired) electrons. The van der Waals surface area contributed by atoms with Crippen molar-refractivity contribution in [2.45, 2.75) is 70.5 Å². The molecule has 19 heteroatoms. The summed E-state index contributed by atoms with van der Waals surface area (Å²) in [4.78, 5) is -3.99. The minimum Gasteiger partial charge on any atom is -0.427 e. The van der Waals surface area contributed by atoms with Crippen LogP contribution >= 0.6 is 43.6 Å². The summed E-state index contributed by atoms with van der Waals surface area (Å²) in [5, 5.41) is 15.2. The quantitative estimate of drug-likeness (QED) is 0.124. The number of nitrogen functional groups attached to an aromatic ring is 2. The summed E-state index contributed by atoms with van der Waals surface area (Å²) in [6.07, 6.45) is 0.942. The molecule has 0 saturated heterocycles. The molecular formula is C24H37BCl2F10N2O2S2. The Bertz CT molecular complexity index is 1220. The Labute approximate surface area is 255 Å². The van der Waals surface area contributed by atoms with Gasteiger partial charge in [-0.3, -0.25) is 0 Å². The number of hydrogen-bond donors (Lipinski definition) is 4. The normalized spacial score (nSPS) is 15.4. The fourth-order valence-electron chi connectivity index (χ4n) is 3.39. The third kappa shape index (κ3) is 15.4. The Kier molecular flexibility index (Phi) is 12.0. The second-order valence-corrected chi connectivity index (χ2v) is 16.8. The summed E-state index contributed by atoms with van der Waals surface area (Å²) >= 11 is 10.5. The number of rotatable bonds is 8. The van der Waals surface area contributed by atoms with E-state index in [-0.39, 0.29) is 59.3 Å². The average molecular weight is 721 g/mol. The van der Waals surface area contributed by atoms with Crippen LogP contribution in [0.15, 0.2) is 34.1 Å². The van der Waals surface area contributed by atoms with Crippen molar-refractivity contribution in [3.05, 3.63) is 45.4 Å². The molecule has 0 aliphatic rings. The van der Waals surface area contributed by atoms with Gasteiger partial charge >= 0.3 is 27.6 Å². The topological polar surface area (TPSA) is 92.5 Å². The molecule has 0 aliphatic heterocycles. The Morgan fingerprint density at radius 3 is 1.12 bits per heavy atom. The van der Waals surface area contributed by atoms with E-state index >= 15 is 0 Å². The van der Waals surface area contributed by atoms with Crippen LogP contribution in [0.5, 0.6) is 0 Å². The van der Waals surface area contributed by atoms with E-state index in [2.05, 4.69) is 0 Å². The third-order valence-corrected chi connectivity index (χ3v) is 8.09. The number of nitrogens with two attached hydrogens (primary N) is 2. The second kappa shape index (κ2) is 12.4. The predicted octanol–water partition coefficient (Wildman–Crippen LogP) is 11.7. The minimum absolute atomic E-state index is 0.0213. The first-order valence-electron chi connectivity index (χ1n) is 12.5. The Hall–Kier alpha value is -1.40. The van der Waals surface area contributed by atoms with Crippen LogP contribution in [-0.4, -0.2) is 17.2 Å². The standard InChI is InChI=1S/C14H22F5NS.C6H4Cl2F5NS.C4H11BO2/c1-9(2)5-11-7-13(21(15,16,17,18)19)8-12(14(11)20)6-10(3)4;7-4-1-3(2-5(8)6(4)14)15(9,10,11,12)13;1-4(2)3-5(6)7/h7-10H,5-6,20H2,1-4H3;1-2H,14H2;4,6-7H,3H2,1-2H3. The molecule has 254 valence electrons. The van der Waals surface area contributed by atoms with Gasteiger partial charge in [-0.2, -0.15) is 0 Å². The summed E-state index contributed by atoms with van der Waals surface area (Å²) in [5.41, 5.74) is 11.1. The van der Waals surface area contributed by atoms with E-state index in [0.717, 1.165) is 0 Å². The molecule has 2 aromatic rings. The van der Waals surface area contributed by atoms with E-state index in [9.17, 15) is 38.9 Å². The predicted molar refractivity (Wildman–Crippen MR) is 161 cm³/mol. The monoisotopic (exact) mass is 720 g/mol. The molecule has 2 rings (SSSR count). The van der Waals surface area contributed by atoms with Crippen molar-refractivity contribution in [1.82, 2.24) is 0 Å². The van der Waals surface area contributed by atoms with Crippen LogP contribution in [0.4, 0.5) is 50.2 Å². The summed E-state index contributed by atoms with van der Waals surface area (Å²) in [6, 6.07) is 1.15. The Morgan fingerprint density at radius 1 is 0.605 bits per heavy atom. The van der Waals surface area contributed by atoms with Crippen molar-refractivity contribution in [2.75, 3.05) is 11.5 Å². The van der Waals surface area contributed by atoms with E-state index in [4.69, 9.17) is 44.7 Å². The highest BCUT2D eigenvalue weighted by Gasteiger charge is 2.66. The molecule has 0 bridgehead atoms. The molecule has 0 unspecified atom stereocenters. The van der Waals surface area contributed by atoms with E-state index in [1.54, 1.807) is 27.7 Å². The Morgan fingerprint density at radius 2 is 0.907 bits per heavy atom. The molecule has 0 atom stereocenters. The SMILES string of the molecule is CC(C)CB(O)O.CC(C)Cc1cc(S(F)(F)(F)(F)F)cc(CC(C)C)c1N.Nc1c(Cl)cc(S(F)(F)(F)(F)F)cc1Cl. The highest BCUT2D eigenvalue weighted by atomic mass is 35.5. The molecule has 0 heterocycles. The number of anilines is 2. The molecule has 6 N–H and O–H groups in total. The lowest BCUT2D eigenvalue weighted by atomic mass is 9.80. The maximum Gasteiger partial charge on any atom is 0.451 e. The van der Waals surface area contributed by atoms with Crippen LogP contribution < -0.4 is 11.5 Å². The van der Waals surface area contributed by atoms with Crippen molar-refractivity contribution in [2.24, 2.45) is 17.8 Å². The smallest absolute Gasteiger partial charge is 0.427 e. The lowest BCUT2D eigenvalue weighted by molar-refractivity contribution is 0.360. The summed E-state index contributed by atoms with van der Waals surface area (Å²) in [6.45, 7) is 11.1. The van der Waals surface area contributed by atoms with E-state index in [0.29, 0.717) is 24.4 Å². The zero-order chi connectivity index (χ0) is 34.7. The molecule has 0 fully saturated rings. The van der Waals surface area contributed by atoms with Gasteiger partial charge in [-0.25, -0.2) is 0 Å². The zero-order valence-electron chi connectivity index (χ0n) is 24.1. The van der Waals surface area contributed by atoms with Gasteiger partial charge in [-0.1, -0.05) is 104 Å². The largest absolute Gasteiger partial charge is 0.451 e. The first-order chi connectivity index (χ1) is 18.5. The van der Waals surface area contributed by atoms with Gasteiger partial charge in [0.25, 0.3) is 0 Å². The van der Waals surface area contributed by atoms with Gasteiger partial charge < -0.3 is 21.5 Å². The van der Waals surface area contributed by atoms with Crippen LogP contribution in [0.1, 0.15) is 52.7 Å². The number of halogens is 12. The van der Waals surface area contributed by atoms with Crippen LogP contribution in [0, 0.1) is 17.8 Å².